The minimum atomic E-state index is -0.280. The van der Waals surface area contributed by atoms with Crippen LogP contribution in [-0.4, -0.2) is 46.5 Å². The molecule has 3 rings (SSSR count). The third-order valence-corrected chi connectivity index (χ3v) is 5.54. The van der Waals surface area contributed by atoms with Gasteiger partial charge in [-0.25, -0.2) is 0 Å². The van der Waals surface area contributed by atoms with E-state index in [0.717, 1.165) is 51.1 Å². The van der Waals surface area contributed by atoms with Gasteiger partial charge in [-0.05, 0) is 77.6 Å². The second-order valence-electron chi connectivity index (χ2n) is 8.07. The Morgan fingerprint density at radius 3 is 2.52 bits per heavy atom. The Balaban J connectivity index is 1.79. The number of amides is 1. The molecule has 2 saturated heterocycles. The third kappa shape index (κ3) is 3.69. The van der Waals surface area contributed by atoms with Crippen LogP contribution in [0.2, 0.25) is 0 Å². The monoisotopic (exact) mass is 344 g/mol. The molecule has 0 aliphatic carbocycles. The lowest BCUT2D eigenvalue weighted by atomic mass is 9.84. The second kappa shape index (κ2) is 7.36. The predicted molar refractivity (Wildman–Crippen MR) is 101 cm³/mol. The average Bonchev–Trinajstić information content (AvgIpc) is 2.93. The number of nitrogens with zero attached hydrogens (tertiary/aromatic N) is 2. The van der Waals surface area contributed by atoms with Gasteiger partial charge in [-0.3, -0.25) is 9.69 Å². The third-order valence-electron chi connectivity index (χ3n) is 5.54. The molecular weight excluding hydrogens is 312 g/mol. The van der Waals surface area contributed by atoms with Crippen LogP contribution in [0.15, 0.2) is 24.3 Å². The van der Waals surface area contributed by atoms with Gasteiger partial charge in [-0.2, -0.15) is 0 Å². The van der Waals surface area contributed by atoms with E-state index in [4.69, 9.17) is 4.74 Å². The standard InChI is InChI=1S/C21H32N2O2/c1-16(2)23-13-7-11-21(20(23)24)10-6-12-22(21)15-18-8-5-9-19(14-18)25-17(3)4/h5,8-9,14,16-17H,6-7,10-13,15H2,1-4H3. The molecule has 138 valence electrons. The first-order valence-electron chi connectivity index (χ1n) is 9.74. The van der Waals surface area contributed by atoms with Crippen LogP contribution in [0.25, 0.3) is 0 Å². The molecule has 0 aromatic heterocycles. The summed E-state index contributed by atoms with van der Waals surface area (Å²) in [5, 5.41) is 0. The van der Waals surface area contributed by atoms with E-state index in [1.54, 1.807) is 0 Å². The molecule has 2 aliphatic heterocycles. The van der Waals surface area contributed by atoms with Gasteiger partial charge in [-0.15, -0.1) is 0 Å². The van der Waals surface area contributed by atoms with Crippen LogP contribution in [0.3, 0.4) is 0 Å². The van der Waals surface area contributed by atoms with E-state index in [1.807, 2.05) is 19.9 Å². The summed E-state index contributed by atoms with van der Waals surface area (Å²) in [5.41, 5.74) is 0.950. The molecule has 2 heterocycles. The summed E-state index contributed by atoms with van der Waals surface area (Å²) in [6, 6.07) is 8.62. The number of rotatable bonds is 5. The highest BCUT2D eigenvalue weighted by Crippen LogP contribution is 2.39. The summed E-state index contributed by atoms with van der Waals surface area (Å²) < 4.78 is 5.83. The zero-order valence-electron chi connectivity index (χ0n) is 16.1. The topological polar surface area (TPSA) is 32.8 Å². The average molecular weight is 344 g/mol. The molecular formula is C21H32N2O2. The highest BCUT2D eigenvalue weighted by molar-refractivity contribution is 5.87. The van der Waals surface area contributed by atoms with Crippen molar-refractivity contribution in [1.82, 2.24) is 9.80 Å². The fraction of sp³-hybridized carbons (Fsp3) is 0.667. The molecule has 1 atom stereocenters. The van der Waals surface area contributed by atoms with Crippen molar-refractivity contribution in [3.05, 3.63) is 29.8 Å². The van der Waals surface area contributed by atoms with Crippen LogP contribution in [0.4, 0.5) is 0 Å². The summed E-state index contributed by atoms with van der Waals surface area (Å²) >= 11 is 0. The zero-order chi connectivity index (χ0) is 18.0. The molecule has 1 aromatic rings. The Morgan fingerprint density at radius 2 is 1.84 bits per heavy atom. The van der Waals surface area contributed by atoms with Crippen molar-refractivity contribution >= 4 is 5.91 Å². The Kier molecular flexibility index (Phi) is 5.38. The first-order chi connectivity index (χ1) is 11.9. The van der Waals surface area contributed by atoms with Gasteiger partial charge in [-0.1, -0.05) is 12.1 Å². The summed E-state index contributed by atoms with van der Waals surface area (Å²) in [5.74, 6) is 1.26. The molecule has 1 spiro atoms. The number of hydrogen-bond acceptors (Lipinski definition) is 3. The summed E-state index contributed by atoms with van der Waals surface area (Å²) in [6.07, 6.45) is 4.39. The Bertz CT molecular complexity index is 614. The number of hydrogen-bond donors (Lipinski definition) is 0. The number of benzene rings is 1. The van der Waals surface area contributed by atoms with Crippen molar-refractivity contribution in [3.8, 4) is 5.75 Å². The highest BCUT2D eigenvalue weighted by Gasteiger charge is 2.50. The van der Waals surface area contributed by atoms with Gasteiger partial charge in [0.2, 0.25) is 5.91 Å². The van der Waals surface area contributed by atoms with Crippen molar-refractivity contribution in [3.63, 3.8) is 0 Å². The number of ether oxygens (including phenoxy) is 1. The zero-order valence-corrected chi connectivity index (χ0v) is 16.1. The molecule has 4 heteroatoms. The van der Waals surface area contributed by atoms with E-state index in [0.29, 0.717) is 5.91 Å². The van der Waals surface area contributed by atoms with Crippen LogP contribution in [-0.2, 0) is 11.3 Å². The normalized spacial score (nSPS) is 24.7. The maximum atomic E-state index is 13.3. The van der Waals surface area contributed by atoms with Gasteiger partial charge in [0.15, 0.2) is 0 Å². The van der Waals surface area contributed by atoms with Crippen LogP contribution >= 0.6 is 0 Å². The van der Waals surface area contributed by atoms with Crippen LogP contribution in [0.5, 0.6) is 5.75 Å². The lowest BCUT2D eigenvalue weighted by Gasteiger charge is -2.46. The first-order valence-corrected chi connectivity index (χ1v) is 9.74. The summed E-state index contributed by atoms with van der Waals surface area (Å²) in [4.78, 5) is 17.8. The first kappa shape index (κ1) is 18.2. The molecule has 1 aromatic carbocycles. The molecule has 25 heavy (non-hydrogen) atoms. The Labute approximate surface area is 152 Å². The highest BCUT2D eigenvalue weighted by atomic mass is 16.5. The van der Waals surface area contributed by atoms with Gasteiger partial charge in [0.05, 0.1) is 6.10 Å². The van der Waals surface area contributed by atoms with Crippen LogP contribution < -0.4 is 4.74 Å². The van der Waals surface area contributed by atoms with E-state index < -0.39 is 0 Å². The maximum absolute atomic E-state index is 13.3. The molecule has 0 N–H and O–H groups in total. The second-order valence-corrected chi connectivity index (χ2v) is 8.07. The van der Waals surface area contributed by atoms with Gasteiger partial charge in [0.25, 0.3) is 0 Å². The summed E-state index contributed by atoms with van der Waals surface area (Å²) in [6.45, 7) is 11.1. The number of carbonyl (C=O) groups is 1. The Hall–Kier alpha value is -1.55. The number of carbonyl (C=O) groups excluding carboxylic acids is 1. The molecule has 1 unspecified atom stereocenters. The maximum Gasteiger partial charge on any atom is 0.243 e. The number of piperidine rings is 1. The lowest BCUT2D eigenvalue weighted by molar-refractivity contribution is -0.149. The van der Waals surface area contributed by atoms with Crippen molar-refractivity contribution < 1.29 is 9.53 Å². The fourth-order valence-electron chi connectivity index (χ4n) is 4.41. The summed E-state index contributed by atoms with van der Waals surface area (Å²) in [7, 11) is 0. The van der Waals surface area contributed by atoms with E-state index in [2.05, 4.69) is 41.8 Å². The molecule has 0 saturated carbocycles. The minimum absolute atomic E-state index is 0.174. The molecule has 2 aliphatic rings. The van der Waals surface area contributed by atoms with E-state index >= 15 is 0 Å². The number of likely N-dealkylation sites (tertiary alicyclic amines) is 2. The van der Waals surface area contributed by atoms with Crippen molar-refractivity contribution in [1.29, 1.82) is 0 Å². The minimum Gasteiger partial charge on any atom is -0.491 e. The predicted octanol–water partition coefficient (Wildman–Crippen LogP) is 3.84. The van der Waals surface area contributed by atoms with Crippen LogP contribution in [0.1, 0.15) is 58.9 Å². The van der Waals surface area contributed by atoms with Gasteiger partial charge in [0.1, 0.15) is 11.3 Å². The smallest absolute Gasteiger partial charge is 0.243 e. The Morgan fingerprint density at radius 1 is 1.12 bits per heavy atom. The quantitative estimate of drug-likeness (QED) is 0.813. The van der Waals surface area contributed by atoms with Crippen LogP contribution in [0, 0.1) is 0 Å². The van der Waals surface area contributed by atoms with Gasteiger partial charge in [0, 0.05) is 19.1 Å². The molecule has 2 fully saturated rings. The van der Waals surface area contributed by atoms with Crippen molar-refractivity contribution in [2.24, 2.45) is 0 Å². The largest absolute Gasteiger partial charge is 0.491 e. The van der Waals surface area contributed by atoms with E-state index in [1.165, 1.54) is 5.56 Å². The SMILES string of the molecule is CC(C)Oc1cccc(CN2CCCC23CCCN(C(C)C)C3=O)c1. The molecule has 0 bridgehead atoms. The van der Waals surface area contributed by atoms with Gasteiger partial charge < -0.3 is 9.64 Å². The molecule has 0 radical (unpaired) electrons. The van der Waals surface area contributed by atoms with Crippen molar-refractivity contribution in [2.75, 3.05) is 13.1 Å². The fourth-order valence-corrected chi connectivity index (χ4v) is 4.41. The molecule has 1 amide bonds. The van der Waals surface area contributed by atoms with E-state index in [-0.39, 0.29) is 17.7 Å². The lowest BCUT2D eigenvalue weighted by Crippen LogP contribution is -2.61. The van der Waals surface area contributed by atoms with Gasteiger partial charge >= 0.3 is 0 Å². The van der Waals surface area contributed by atoms with Crippen molar-refractivity contribution in [2.45, 2.75) is 77.6 Å². The molecule has 4 nitrogen and oxygen atoms in total. The van der Waals surface area contributed by atoms with E-state index in [9.17, 15) is 4.79 Å².